The zero-order valence-electron chi connectivity index (χ0n) is 16.3. The SMILES string of the molecule is CC(C)(C)OC(=O)CC(N)C(OCc1ccccc1)OCc1ccccc1. The van der Waals surface area contributed by atoms with Crippen molar-refractivity contribution in [2.45, 2.75) is 58.3 Å². The van der Waals surface area contributed by atoms with E-state index in [0.29, 0.717) is 13.2 Å². The van der Waals surface area contributed by atoms with Gasteiger partial charge in [-0.3, -0.25) is 4.79 Å². The van der Waals surface area contributed by atoms with Gasteiger partial charge >= 0.3 is 5.97 Å². The van der Waals surface area contributed by atoms with Gasteiger partial charge in [-0.2, -0.15) is 0 Å². The number of hydrogen-bond donors (Lipinski definition) is 1. The largest absolute Gasteiger partial charge is 0.460 e. The quantitative estimate of drug-likeness (QED) is 0.536. The predicted molar refractivity (Wildman–Crippen MR) is 105 cm³/mol. The Kier molecular flexibility index (Phi) is 7.98. The number of hydrogen-bond acceptors (Lipinski definition) is 5. The lowest BCUT2D eigenvalue weighted by Crippen LogP contribution is -2.41. The van der Waals surface area contributed by atoms with E-state index in [1.165, 1.54) is 0 Å². The average molecular weight is 371 g/mol. The van der Waals surface area contributed by atoms with Crippen LogP contribution < -0.4 is 5.73 Å². The van der Waals surface area contributed by atoms with Crippen LogP contribution in [-0.4, -0.2) is 23.9 Å². The number of carbonyl (C=O) groups excluding carboxylic acids is 1. The third-order valence-electron chi connectivity index (χ3n) is 3.69. The standard InChI is InChI=1S/C22H29NO4/c1-22(2,3)27-20(24)14-19(23)21(25-15-17-10-6-4-7-11-17)26-16-18-12-8-5-9-13-18/h4-13,19,21H,14-16,23H2,1-3H3. The fourth-order valence-corrected chi connectivity index (χ4v) is 2.47. The molecule has 1 unspecified atom stereocenters. The summed E-state index contributed by atoms with van der Waals surface area (Å²) in [7, 11) is 0. The van der Waals surface area contributed by atoms with Gasteiger partial charge in [0.15, 0.2) is 6.29 Å². The maximum absolute atomic E-state index is 12.1. The molecule has 2 aromatic rings. The topological polar surface area (TPSA) is 70.8 Å². The van der Waals surface area contributed by atoms with Gasteiger partial charge in [0.1, 0.15) is 5.60 Å². The highest BCUT2D eigenvalue weighted by Crippen LogP contribution is 2.14. The van der Waals surface area contributed by atoms with Crippen LogP contribution in [0.2, 0.25) is 0 Å². The van der Waals surface area contributed by atoms with Gasteiger partial charge in [-0.05, 0) is 31.9 Å². The normalized spacial score (nSPS) is 12.8. The Balaban J connectivity index is 1.97. The van der Waals surface area contributed by atoms with Gasteiger partial charge < -0.3 is 19.9 Å². The average Bonchev–Trinajstić information content (AvgIpc) is 2.61. The summed E-state index contributed by atoms with van der Waals surface area (Å²) in [6.07, 6.45) is -0.705. The molecule has 0 saturated carbocycles. The summed E-state index contributed by atoms with van der Waals surface area (Å²) in [5.74, 6) is -0.369. The minimum atomic E-state index is -0.724. The van der Waals surface area contributed by atoms with Crippen LogP contribution in [0.15, 0.2) is 60.7 Å². The zero-order chi connectivity index (χ0) is 19.7. The van der Waals surface area contributed by atoms with Crippen LogP contribution in [0, 0.1) is 0 Å². The van der Waals surface area contributed by atoms with Gasteiger partial charge in [0, 0.05) is 0 Å². The molecule has 0 aliphatic rings. The van der Waals surface area contributed by atoms with Crippen LogP contribution in [0.25, 0.3) is 0 Å². The van der Waals surface area contributed by atoms with Gasteiger partial charge in [-0.15, -0.1) is 0 Å². The van der Waals surface area contributed by atoms with Gasteiger partial charge in [0.2, 0.25) is 0 Å². The van der Waals surface area contributed by atoms with Gasteiger partial charge in [-0.25, -0.2) is 0 Å². The number of benzene rings is 2. The summed E-state index contributed by atoms with van der Waals surface area (Å²) in [5, 5.41) is 0. The first-order chi connectivity index (χ1) is 12.8. The molecule has 5 nitrogen and oxygen atoms in total. The molecule has 2 N–H and O–H groups in total. The third kappa shape index (κ3) is 8.35. The highest BCUT2D eigenvalue weighted by Gasteiger charge is 2.25. The Labute approximate surface area is 161 Å². The molecule has 2 rings (SSSR count). The molecule has 0 fully saturated rings. The van der Waals surface area contributed by atoms with Crippen LogP contribution in [-0.2, 0) is 32.2 Å². The lowest BCUT2D eigenvalue weighted by molar-refractivity contribution is -0.178. The Hall–Kier alpha value is -2.21. The molecule has 1 atom stereocenters. The first-order valence-corrected chi connectivity index (χ1v) is 9.12. The second kappa shape index (κ2) is 10.2. The highest BCUT2D eigenvalue weighted by molar-refractivity contribution is 5.70. The van der Waals surface area contributed by atoms with Crippen molar-refractivity contribution >= 4 is 5.97 Å². The van der Waals surface area contributed by atoms with Crippen LogP contribution in [0.5, 0.6) is 0 Å². The van der Waals surface area contributed by atoms with Crippen LogP contribution in [0.1, 0.15) is 38.3 Å². The molecule has 0 aliphatic carbocycles. The smallest absolute Gasteiger partial charge is 0.308 e. The van der Waals surface area contributed by atoms with E-state index in [2.05, 4.69) is 0 Å². The van der Waals surface area contributed by atoms with Crippen molar-refractivity contribution in [1.29, 1.82) is 0 Å². The molecule has 0 bridgehead atoms. The van der Waals surface area contributed by atoms with E-state index in [4.69, 9.17) is 19.9 Å². The fourth-order valence-electron chi connectivity index (χ4n) is 2.47. The summed E-state index contributed by atoms with van der Waals surface area (Å²) in [6, 6.07) is 18.9. The first kappa shape index (κ1) is 21.1. The van der Waals surface area contributed by atoms with Crippen molar-refractivity contribution in [2.24, 2.45) is 5.73 Å². The van der Waals surface area contributed by atoms with E-state index in [1.807, 2.05) is 81.4 Å². The molecule has 0 aromatic heterocycles. The van der Waals surface area contributed by atoms with Crippen molar-refractivity contribution in [1.82, 2.24) is 0 Å². The van der Waals surface area contributed by atoms with E-state index in [0.717, 1.165) is 11.1 Å². The molecular formula is C22H29NO4. The van der Waals surface area contributed by atoms with E-state index in [1.54, 1.807) is 0 Å². The minimum absolute atomic E-state index is 0.0194. The lowest BCUT2D eigenvalue weighted by Gasteiger charge is -2.26. The van der Waals surface area contributed by atoms with Crippen molar-refractivity contribution in [2.75, 3.05) is 0 Å². The summed E-state index contributed by atoms with van der Waals surface area (Å²) in [4.78, 5) is 12.1. The van der Waals surface area contributed by atoms with Gasteiger partial charge in [-0.1, -0.05) is 60.7 Å². The van der Waals surface area contributed by atoms with E-state index in [-0.39, 0.29) is 12.4 Å². The number of rotatable bonds is 9. The molecular weight excluding hydrogens is 342 g/mol. The second-order valence-corrected chi connectivity index (χ2v) is 7.42. The summed E-state index contributed by atoms with van der Waals surface area (Å²) in [6.45, 7) is 6.17. The van der Waals surface area contributed by atoms with E-state index < -0.39 is 17.9 Å². The molecule has 2 aromatic carbocycles. The molecule has 0 radical (unpaired) electrons. The maximum Gasteiger partial charge on any atom is 0.308 e. The van der Waals surface area contributed by atoms with E-state index in [9.17, 15) is 4.79 Å². The fraction of sp³-hybridized carbons (Fsp3) is 0.409. The molecule has 0 aliphatic heterocycles. The molecule has 27 heavy (non-hydrogen) atoms. The van der Waals surface area contributed by atoms with Crippen molar-refractivity contribution in [3.05, 3.63) is 71.8 Å². The summed E-state index contributed by atoms with van der Waals surface area (Å²) >= 11 is 0. The molecule has 0 amide bonds. The third-order valence-corrected chi connectivity index (χ3v) is 3.69. The Bertz CT molecular complexity index is 639. The molecule has 0 heterocycles. The minimum Gasteiger partial charge on any atom is -0.460 e. The second-order valence-electron chi connectivity index (χ2n) is 7.42. The van der Waals surface area contributed by atoms with Crippen molar-refractivity contribution in [3.8, 4) is 0 Å². The Morgan fingerprint density at radius 2 is 1.33 bits per heavy atom. The Morgan fingerprint density at radius 3 is 1.74 bits per heavy atom. The number of carbonyl (C=O) groups is 1. The molecule has 146 valence electrons. The first-order valence-electron chi connectivity index (χ1n) is 9.12. The number of esters is 1. The Morgan fingerprint density at radius 1 is 0.889 bits per heavy atom. The summed E-state index contributed by atoms with van der Waals surface area (Å²) in [5.41, 5.74) is 7.68. The van der Waals surface area contributed by atoms with Gasteiger partial charge in [0.05, 0.1) is 25.7 Å². The highest BCUT2D eigenvalue weighted by atomic mass is 16.7. The maximum atomic E-state index is 12.1. The zero-order valence-corrected chi connectivity index (χ0v) is 16.3. The van der Waals surface area contributed by atoms with Crippen LogP contribution in [0.3, 0.4) is 0 Å². The molecule has 5 heteroatoms. The molecule has 0 spiro atoms. The van der Waals surface area contributed by atoms with Crippen molar-refractivity contribution < 1.29 is 19.0 Å². The molecule has 0 saturated heterocycles. The van der Waals surface area contributed by atoms with Crippen LogP contribution >= 0.6 is 0 Å². The lowest BCUT2D eigenvalue weighted by atomic mass is 10.1. The number of nitrogens with two attached hydrogens (primary N) is 1. The van der Waals surface area contributed by atoms with Gasteiger partial charge in [0.25, 0.3) is 0 Å². The van der Waals surface area contributed by atoms with E-state index >= 15 is 0 Å². The van der Waals surface area contributed by atoms with Crippen molar-refractivity contribution in [3.63, 3.8) is 0 Å². The van der Waals surface area contributed by atoms with Crippen LogP contribution in [0.4, 0.5) is 0 Å². The predicted octanol–water partition coefficient (Wildman–Crippen LogP) is 3.81. The monoisotopic (exact) mass is 371 g/mol. The number of ether oxygens (including phenoxy) is 3. The summed E-state index contributed by atoms with van der Waals surface area (Å²) < 4.78 is 17.1.